The Hall–Kier alpha value is -4.04. The van der Waals surface area contributed by atoms with Crippen LogP contribution in [0.15, 0.2) is 88.8 Å². The topological polar surface area (TPSA) is 155 Å². The summed E-state index contributed by atoms with van der Waals surface area (Å²) in [7, 11) is -6.82. The van der Waals surface area contributed by atoms with E-state index in [2.05, 4.69) is 15.0 Å². The largest absolute Gasteiger partial charge is 0.468 e. The van der Waals surface area contributed by atoms with E-state index in [1.54, 1.807) is 30.5 Å². The van der Waals surface area contributed by atoms with Gasteiger partial charge in [-0.3, -0.25) is 9.59 Å². The summed E-state index contributed by atoms with van der Waals surface area (Å²) in [5.41, 5.74) is 3.46. The number of rotatable bonds is 17. The second-order valence-corrected chi connectivity index (χ2v) is 16.3. The molecule has 0 radical (unpaired) electrons. The minimum atomic E-state index is -4.03. The van der Waals surface area contributed by atoms with Crippen molar-refractivity contribution in [1.82, 2.24) is 19.3 Å². The molecule has 2 atom stereocenters. The number of methoxy groups -OCH3 is 1. The van der Waals surface area contributed by atoms with Crippen LogP contribution < -0.4 is 10.0 Å². The molecule has 0 spiro atoms. The molecule has 0 aliphatic heterocycles. The number of para-hydroxylation sites is 1. The number of esters is 1. The fraction of sp³-hybridized carbons (Fsp3) is 0.389. The van der Waals surface area contributed by atoms with Crippen LogP contribution in [0.25, 0.3) is 10.9 Å². The number of nitrogens with zero attached hydrogens (tertiary/aromatic N) is 1. The van der Waals surface area contributed by atoms with Crippen LogP contribution in [0.2, 0.25) is 0 Å². The Morgan fingerprint density at radius 2 is 1.47 bits per heavy atom. The van der Waals surface area contributed by atoms with Gasteiger partial charge >= 0.3 is 5.97 Å². The van der Waals surface area contributed by atoms with Gasteiger partial charge in [-0.15, -0.1) is 0 Å². The molecule has 264 valence electrons. The van der Waals surface area contributed by atoms with Crippen LogP contribution in [0.4, 0.5) is 0 Å². The first-order valence-corrected chi connectivity index (χ1v) is 19.2. The molecule has 4 rings (SSSR count). The number of hydrogen-bond acceptors (Lipinski definition) is 7. The lowest BCUT2D eigenvalue weighted by atomic mass is 10.0. The molecule has 1 heterocycles. The third kappa shape index (κ3) is 9.78. The van der Waals surface area contributed by atoms with E-state index in [0.29, 0.717) is 12.8 Å². The van der Waals surface area contributed by atoms with Gasteiger partial charge in [-0.25, -0.2) is 16.8 Å². The number of sulfonamides is 2. The van der Waals surface area contributed by atoms with Gasteiger partial charge in [0.15, 0.2) is 0 Å². The highest BCUT2D eigenvalue weighted by Gasteiger charge is 2.37. The highest BCUT2D eigenvalue weighted by Crippen LogP contribution is 2.24. The molecular formula is C36H46N4O7S2. The predicted molar refractivity (Wildman–Crippen MR) is 190 cm³/mol. The number of nitrogens with one attached hydrogen (secondary N) is 3. The van der Waals surface area contributed by atoms with Crippen molar-refractivity contribution in [3.63, 3.8) is 0 Å². The summed E-state index contributed by atoms with van der Waals surface area (Å²) < 4.78 is 63.0. The number of aromatic amines is 1. The summed E-state index contributed by atoms with van der Waals surface area (Å²) in [5, 5.41) is 3.73. The quantitative estimate of drug-likeness (QED) is 0.105. The third-order valence-corrected chi connectivity index (χ3v) is 11.6. The fourth-order valence-electron chi connectivity index (χ4n) is 5.59. The maximum Gasteiger partial charge on any atom is 0.324 e. The molecule has 13 heteroatoms. The summed E-state index contributed by atoms with van der Waals surface area (Å²) in [6.45, 7) is 7.77. The van der Waals surface area contributed by atoms with Crippen molar-refractivity contribution < 1.29 is 31.2 Å². The van der Waals surface area contributed by atoms with Gasteiger partial charge in [-0.1, -0.05) is 67.4 Å². The molecule has 0 bridgehead atoms. The van der Waals surface area contributed by atoms with Gasteiger partial charge in [0.05, 0.1) is 16.9 Å². The summed E-state index contributed by atoms with van der Waals surface area (Å²) in [4.78, 5) is 29.8. The molecule has 3 N–H and O–H groups in total. The van der Waals surface area contributed by atoms with Gasteiger partial charge < -0.3 is 15.0 Å². The van der Waals surface area contributed by atoms with Crippen LogP contribution in [0.1, 0.15) is 49.8 Å². The van der Waals surface area contributed by atoms with Crippen LogP contribution in [-0.4, -0.2) is 70.3 Å². The van der Waals surface area contributed by atoms with Crippen molar-refractivity contribution in [2.24, 2.45) is 5.92 Å². The van der Waals surface area contributed by atoms with Crippen LogP contribution in [-0.2, 0) is 40.8 Å². The monoisotopic (exact) mass is 710 g/mol. The van der Waals surface area contributed by atoms with Crippen LogP contribution in [0, 0.1) is 19.8 Å². The third-order valence-electron chi connectivity index (χ3n) is 8.24. The predicted octanol–water partition coefficient (Wildman–Crippen LogP) is 4.85. The standard InChI is InChI=1S/C36H46N4O7S2/c1-25(2)24-40(49(45,46)30-19-15-27(4)16-20-30)34(36(42)47-5)12-8-9-21-37-35(41)33(22-28-23-38-32-11-7-6-10-31(28)32)39-48(43,44)29-17-13-26(3)14-18-29/h6-7,10-11,13-20,23,25,33-34,38-39H,8-9,12,21-22,24H2,1-5H3,(H,37,41)/t33-,34-/m0/s1. The number of hydrogen-bond donors (Lipinski definition) is 3. The smallest absolute Gasteiger partial charge is 0.324 e. The normalized spacial score (nSPS) is 13.4. The van der Waals surface area contributed by atoms with Crippen LogP contribution >= 0.6 is 0 Å². The Morgan fingerprint density at radius 1 is 0.857 bits per heavy atom. The van der Waals surface area contributed by atoms with Gasteiger partial charge in [0.25, 0.3) is 0 Å². The van der Waals surface area contributed by atoms with E-state index in [4.69, 9.17) is 4.74 Å². The second-order valence-electron chi connectivity index (χ2n) is 12.7. The summed E-state index contributed by atoms with van der Waals surface area (Å²) in [6, 6.07) is 18.3. The van der Waals surface area contributed by atoms with Gasteiger partial charge in [0, 0.05) is 30.2 Å². The maximum absolute atomic E-state index is 13.7. The Morgan fingerprint density at radius 3 is 2.08 bits per heavy atom. The van der Waals surface area contributed by atoms with Gasteiger partial charge in [-0.05, 0) is 81.3 Å². The first-order valence-electron chi connectivity index (χ1n) is 16.3. The molecule has 0 aliphatic rings. The minimum Gasteiger partial charge on any atom is -0.468 e. The summed E-state index contributed by atoms with van der Waals surface area (Å²) >= 11 is 0. The molecule has 0 unspecified atom stereocenters. The molecule has 4 aromatic rings. The van der Waals surface area contributed by atoms with E-state index in [1.165, 1.54) is 35.7 Å². The highest BCUT2D eigenvalue weighted by molar-refractivity contribution is 7.89. The van der Waals surface area contributed by atoms with E-state index in [0.717, 1.165) is 27.6 Å². The average molecular weight is 711 g/mol. The first kappa shape index (κ1) is 37.8. The first-order chi connectivity index (χ1) is 23.2. The molecular weight excluding hydrogens is 665 g/mol. The highest BCUT2D eigenvalue weighted by atomic mass is 32.2. The number of unbranched alkanes of at least 4 members (excludes halogenated alkanes) is 1. The SMILES string of the molecule is COC(=O)[C@H](CCCCNC(=O)[C@H](Cc1c[nH]c2ccccc12)NS(=O)(=O)c1ccc(C)cc1)N(CC(C)C)S(=O)(=O)c1ccc(C)cc1. The number of H-pyrrole nitrogens is 1. The van der Waals surface area contributed by atoms with Gasteiger partial charge in [-0.2, -0.15) is 9.03 Å². The zero-order chi connectivity index (χ0) is 35.8. The molecule has 11 nitrogen and oxygen atoms in total. The summed E-state index contributed by atoms with van der Waals surface area (Å²) in [6.07, 6.45) is 2.83. The molecule has 0 fully saturated rings. The van der Waals surface area contributed by atoms with Gasteiger partial charge in [0.1, 0.15) is 12.1 Å². The molecule has 3 aromatic carbocycles. The molecule has 0 aliphatic carbocycles. The summed E-state index contributed by atoms with van der Waals surface area (Å²) in [5.74, 6) is -1.23. The number of carbonyl (C=O) groups excluding carboxylic acids is 2. The zero-order valence-electron chi connectivity index (χ0n) is 28.6. The fourth-order valence-corrected chi connectivity index (χ4v) is 8.56. The number of fused-ring (bicyclic) bond motifs is 1. The van der Waals surface area contributed by atoms with Crippen molar-refractivity contribution in [1.29, 1.82) is 0 Å². The van der Waals surface area contributed by atoms with E-state index >= 15 is 0 Å². The van der Waals surface area contributed by atoms with Crippen LogP contribution in [0.5, 0.6) is 0 Å². The molecule has 0 saturated heterocycles. The lowest BCUT2D eigenvalue weighted by Gasteiger charge is -2.30. The number of carbonyl (C=O) groups is 2. The van der Waals surface area contributed by atoms with Crippen molar-refractivity contribution in [2.75, 3.05) is 20.2 Å². The van der Waals surface area contributed by atoms with Crippen LogP contribution in [0.3, 0.4) is 0 Å². The molecule has 49 heavy (non-hydrogen) atoms. The lowest BCUT2D eigenvalue weighted by Crippen LogP contribution is -2.48. The second kappa shape index (κ2) is 16.6. The number of aryl methyl sites for hydroxylation is 2. The molecule has 1 aromatic heterocycles. The van der Waals surface area contributed by atoms with Gasteiger partial charge in [0.2, 0.25) is 26.0 Å². The van der Waals surface area contributed by atoms with Crippen molar-refractivity contribution >= 4 is 42.8 Å². The number of amides is 1. The molecule has 0 saturated carbocycles. The Kier molecular flexibility index (Phi) is 12.8. The zero-order valence-corrected chi connectivity index (χ0v) is 30.2. The van der Waals surface area contributed by atoms with E-state index < -0.39 is 44.0 Å². The van der Waals surface area contributed by atoms with Crippen molar-refractivity contribution in [3.05, 3.63) is 95.7 Å². The Balaban J connectivity index is 1.46. The molecule has 1 amide bonds. The van der Waals surface area contributed by atoms with E-state index in [-0.39, 0.29) is 41.6 Å². The number of aromatic nitrogens is 1. The lowest BCUT2D eigenvalue weighted by molar-refractivity contribution is -0.145. The number of ether oxygens (including phenoxy) is 1. The van der Waals surface area contributed by atoms with E-state index in [1.807, 2.05) is 52.0 Å². The van der Waals surface area contributed by atoms with E-state index in [9.17, 15) is 26.4 Å². The Bertz CT molecular complexity index is 1940. The van der Waals surface area contributed by atoms with Crippen molar-refractivity contribution in [2.45, 2.75) is 75.3 Å². The average Bonchev–Trinajstić information content (AvgIpc) is 3.47. The Labute approximate surface area is 289 Å². The minimum absolute atomic E-state index is 0.0511. The number of benzene rings is 3. The maximum atomic E-state index is 13.7. The van der Waals surface area contributed by atoms with Crippen molar-refractivity contribution in [3.8, 4) is 0 Å².